The molecule has 24 heavy (non-hydrogen) atoms. The van der Waals surface area contributed by atoms with Gasteiger partial charge in [-0.05, 0) is 43.5 Å². The van der Waals surface area contributed by atoms with Gasteiger partial charge in [0.2, 0.25) is 5.91 Å². The lowest BCUT2D eigenvalue weighted by atomic mass is 10.0. The van der Waals surface area contributed by atoms with Gasteiger partial charge < -0.3 is 20.9 Å². The maximum Gasteiger partial charge on any atom is 0.317 e. The van der Waals surface area contributed by atoms with E-state index in [4.69, 9.17) is 0 Å². The van der Waals surface area contributed by atoms with E-state index >= 15 is 0 Å². The summed E-state index contributed by atoms with van der Waals surface area (Å²) in [7, 11) is 0. The Bertz CT molecular complexity index is 584. The molecule has 0 radical (unpaired) electrons. The van der Waals surface area contributed by atoms with Gasteiger partial charge in [0.05, 0.1) is 0 Å². The van der Waals surface area contributed by atoms with Gasteiger partial charge in [-0.2, -0.15) is 0 Å². The Hall–Kier alpha value is -2.08. The summed E-state index contributed by atoms with van der Waals surface area (Å²) < 4.78 is 0. The molecule has 0 unspecified atom stereocenters. The van der Waals surface area contributed by atoms with E-state index in [0.717, 1.165) is 38.9 Å². The summed E-state index contributed by atoms with van der Waals surface area (Å²) >= 11 is 0. The highest BCUT2D eigenvalue weighted by Crippen LogP contribution is 2.18. The maximum absolute atomic E-state index is 12.3. The normalized spacial score (nSPS) is 17.9. The molecule has 1 aromatic rings. The molecule has 2 aliphatic heterocycles. The van der Waals surface area contributed by atoms with Crippen molar-refractivity contribution in [2.24, 2.45) is 0 Å². The van der Waals surface area contributed by atoms with Crippen LogP contribution in [0.4, 0.5) is 4.79 Å². The number of piperidine rings is 1. The monoisotopic (exact) mass is 330 g/mol. The van der Waals surface area contributed by atoms with Crippen molar-refractivity contribution in [1.82, 2.24) is 20.9 Å². The summed E-state index contributed by atoms with van der Waals surface area (Å²) in [6, 6.07) is 8.42. The lowest BCUT2D eigenvalue weighted by molar-refractivity contribution is -0.121. The van der Waals surface area contributed by atoms with Crippen molar-refractivity contribution in [1.29, 1.82) is 0 Å². The molecule has 6 heteroatoms. The van der Waals surface area contributed by atoms with Crippen LogP contribution >= 0.6 is 0 Å². The van der Waals surface area contributed by atoms with Crippen molar-refractivity contribution >= 4 is 11.9 Å². The Morgan fingerprint density at radius 2 is 1.92 bits per heavy atom. The first-order chi connectivity index (χ1) is 11.7. The van der Waals surface area contributed by atoms with Gasteiger partial charge in [-0.25, -0.2) is 4.79 Å². The molecule has 0 atom stereocenters. The highest BCUT2D eigenvalue weighted by Gasteiger charge is 2.20. The first-order valence-electron chi connectivity index (χ1n) is 8.82. The second-order valence-electron chi connectivity index (χ2n) is 6.51. The third kappa shape index (κ3) is 4.47. The van der Waals surface area contributed by atoms with Gasteiger partial charge in [-0.3, -0.25) is 4.79 Å². The Morgan fingerprint density at radius 1 is 1.17 bits per heavy atom. The standard InChI is InChI=1S/C18H26N4O2/c23-17(21-16-5-9-19-10-6-16)7-11-20-18(24)22-12-8-14-3-1-2-4-15(14)13-22/h1-4,16,19H,5-13H2,(H,20,24)(H,21,23). The SMILES string of the molecule is O=C(CCNC(=O)N1CCc2ccccc2C1)NC1CCNCC1. The molecule has 0 aromatic heterocycles. The van der Waals surface area contributed by atoms with Crippen LogP contribution < -0.4 is 16.0 Å². The van der Waals surface area contributed by atoms with Gasteiger partial charge >= 0.3 is 6.03 Å². The summed E-state index contributed by atoms with van der Waals surface area (Å²) in [5.41, 5.74) is 2.53. The number of amides is 3. The number of carbonyl (C=O) groups is 2. The topological polar surface area (TPSA) is 73.5 Å². The van der Waals surface area contributed by atoms with Gasteiger partial charge in [0, 0.05) is 32.1 Å². The van der Waals surface area contributed by atoms with Crippen molar-refractivity contribution in [2.45, 2.75) is 38.3 Å². The smallest absolute Gasteiger partial charge is 0.317 e. The molecule has 3 N–H and O–H groups in total. The molecule has 0 aliphatic carbocycles. The average Bonchev–Trinajstić information content (AvgIpc) is 2.62. The minimum absolute atomic E-state index is 0.0196. The van der Waals surface area contributed by atoms with Crippen molar-refractivity contribution in [3.05, 3.63) is 35.4 Å². The fourth-order valence-corrected chi connectivity index (χ4v) is 3.33. The number of nitrogens with zero attached hydrogens (tertiary/aromatic N) is 1. The van der Waals surface area contributed by atoms with Crippen LogP contribution in [0.3, 0.4) is 0 Å². The van der Waals surface area contributed by atoms with Crippen LogP contribution in [-0.4, -0.2) is 49.1 Å². The first kappa shape index (κ1) is 16.8. The summed E-state index contributed by atoms with van der Waals surface area (Å²) in [5, 5.41) is 9.18. The molecule has 2 aliphatic rings. The number of hydrogen-bond donors (Lipinski definition) is 3. The lowest BCUT2D eigenvalue weighted by Crippen LogP contribution is -2.45. The molecular weight excluding hydrogens is 304 g/mol. The zero-order valence-corrected chi connectivity index (χ0v) is 14.0. The van der Waals surface area contributed by atoms with Gasteiger partial charge in [-0.15, -0.1) is 0 Å². The minimum atomic E-state index is -0.0841. The minimum Gasteiger partial charge on any atom is -0.353 e. The highest BCUT2D eigenvalue weighted by molar-refractivity contribution is 5.78. The number of rotatable bonds is 4. The van der Waals surface area contributed by atoms with Gasteiger partial charge in [0.25, 0.3) is 0 Å². The van der Waals surface area contributed by atoms with Crippen LogP contribution in [0.25, 0.3) is 0 Å². The highest BCUT2D eigenvalue weighted by atomic mass is 16.2. The lowest BCUT2D eigenvalue weighted by Gasteiger charge is -2.29. The van der Waals surface area contributed by atoms with E-state index in [9.17, 15) is 9.59 Å². The van der Waals surface area contributed by atoms with Gasteiger partial charge in [0.1, 0.15) is 0 Å². The number of fused-ring (bicyclic) bond motifs is 1. The molecule has 1 aromatic carbocycles. The van der Waals surface area contributed by atoms with Crippen LogP contribution in [-0.2, 0) is 17.8 Å². The van der Waals surface area contributed by atoms with Crippen LogP contribution in [0.2, 0.25) is 0 Å². The molecular formula is C18H26N4O2. The fraction of sp³-hybridized carbons (Fsp3) is 0.556. The molecule has 0 saturated carbocycles. The molecule has 0 bridgehead atoms. The largest absolute Gasteiger partial charge is 0.353 e. The van der Waals surface area contributed by atoms with E-state index in [1.807, 2.05) is 17.0 Å². The summed E-state index contributed by atoms with van der Waals surface area (Å²) in [4.78, 5) is 26.0. The average molecular weight is 330 g/mol. The van der Waals surface area contributed by atoms with Gasteiger partial charge in [-0.1, -0.05) is 24.3 Å². The van der Waals surface area contributed by atoms with E-state index in [1.165, 1.54) is 11.1 Å². The Balaban J connectivity index is 1.37. The van der Waals surface area contributed by atoms with Gasteiger partial charge in [0.15, 0.2) is 0 Å². The molecule has 3 amide bonds. The van der Waals surface area contributed by atoms with Crippen molar-refractivity contribution < 1.29 is 9.59 Å². The molecule has 0 spiro atoms. The zero-order valence-electron chi connectivity index (χ0n) is 14.0. The Labute approximate surface area is 143 Å². The van der Waals surface area contributed by atoms with Crippen molar-refractivity contribution in [3.63, 3.8) is 0 Å². The molecule has 3 rings (SSSR count). The van der Waals surface area contributed by atoms with Crippen LogP contribution in [0.5, 0.6) is 0 Å². The molecule has 2 heterocycles. The summed E-state index contributed by atoms with van der Waals surface area (Å²) in [5.74, 6) is 0.0196. The second-order valence-corrected chi connectivity index (χ2v) is 6.51. The van der Waals surface area contributed by atoms with E-state index in [2.05, 4.69) is 28.1 Å². The first-order valence-corrected chi connectivity index (χ1v) is 8.82. The van der Waals surface area contributed by atoms with Crippen molar-refractivity contribution in [2.75, 3.05) is 26.2 Å². The number of urea groups is 1. The van der Waals surface area contributed by atoms with Crippen molar-refractivity contribution in [3.8, 4) is 0 Å². The molecule has 1 fully saturated rings. The number of nitrogens with one attached hydrogen (secondary N) is 3. The quantitative estimate of drug-likeness (QED) is 0.771. The Morgan fingerprint density at radius 3 is 2.71 bits per heavy atom. The van der Waals surface area contributed by atoms with Crippen LogP contribution in [0, 0.1) is 0 Å². The third-order valence-electron chi connectivity index (χ3n) is 4.75. The van der Waals surface area contributed by atoms with E-state index in [0.29, 0.717) is 19.5 Å². The Kier molecular flexibility index (Phi) is 5.69. The van der Waals surface area contributed by atoms with Crippen LogP contribution in [0.15, 0.2) is 24.3 Å². The predicted octanol–water partition coefficient (Wildman–Crippen LogP) is 1.01. The number of carbonyl (C=O) groups excluding carboxylic acids is 2. The van der Waals surface area contributed by atoms with E-state index in [-0.39, 0.29) is 18.0 Å². The molecule has 6 nitrogen and oxygen atoms in total. The summed E-state index contributed by atoms with van der Waals surface area (Å²) in [6.45, 7) is 3.66. The maximum atomic E-state index is 12.3. The number of hydrogen-bond acceptors (Lipinski definition) is 3. The van der Waals surface area contributed by atoms with Crippen LogP contribution in [0.1, 0.15) is 30.4 Å². The van der Waals surface area contributed by atoms with E-state index in [1.54, 1.807) is 0 Å². The number of benzene rings is 1. The summed E-state index contributed by atoms with van der Waals surface area (Å²) in [6.07, 6.45) is 3.18. The van der Waals surface area contributed by atoms with E-state index < -0.39 is 0 Å². The molecule has 130 valence electrons. The zero-order chi connectivity index (χ0) is 16.8. The second kappa shape index (κ2) is 8.15. The predicted molar refractivity (Wildman–Crippen MR) is 92.6 cm³/mol. The molecule has 1 saturated heterocycles. The fourth-order valence-electron chi connectivity index (χ4n) is 3.33. The third-order valence-corrected chi connectivity index (χ3v) is 4.75.